The van der Waals surface area contributed by atoms with Crippen LogP contribution in [-0.4, -0.2) is 41.5 Å². The largest absolute Gasteiger partial charge is 0.374 e. The molecule has 0 spiro atoms. The Morgan fingerprint density at radius 3 is 2.69 bits per heavy atom. The molecule has 9 heteroatoms. The number of aromatic amines is 2. The predicted octanol–water partition coefficient (Wildman–Crippen LogP) is 5.51. The number of pyridine rings is 2. The van der Waals surface area contributed by atoms with Gasteiger partial charge in [0, 0.05) is 28.9 Å². The number of hydrogen-bond donors (Lipinski definition) is 4. The zero-order valence-corrected chi connectivity index (χ0v) is 19.3. The number of imidazole rings is 1. The van der Waals surface area contributed by atoms with Gasteiger partial charge < -0.3 is 15.4 Å². The molecule has 0 fully saturated rings. The van der Waals surface area contributed by atoms with Gasteiger partial charge >= 0.3 is 0 Å². The molecular weight excluding hydrogens is 457 g/mol. The van der Waals surface area contributed by atoms with Crippen LogP contribution in [-0.2, 0) is 0 Å². The van der Waals surface area contributed by atoms with Crippen molar-refractivity contribution in [1.29, 1.82) is 0 Å². The molecule has 0 radical (unpaired) electrons. The molecule has 4 heterocycles. The fourth-order valence-corrected chi connectivity index (χ4v) is 4.26. The number of aromatic nitrogens is 6. The van der Waals surface area contributed by atoms with Crippen molar-refractivity contribution in [2.45, 2.75) is 19.6 Å². The highest BCUT2D eigenvalue weighted by molar-refractivity contribution is 5.98. The summed E-state index contributed by atoms with van der Waals surface area (Å²) in [4.78, 5) is 16.8. The van der Waals surface area contributed by atoms with E-state index < -0.39 is 6.23 Å². The van der Waals surface area contributed by atoms with Crippen LogP contribution in [0.4, 0.5) is 10.1 Å². The van der Waals surface area contributed by atoms with Crippen LogP contribution >= 0.6 is 0 Å². The molecule has 4 aromatic heterocycles. The second kappa shape index (κ2) is 8.86. The van der Waals surface area contributed by atoms with Crippen molar-refractivity contribution < 1.29 is 9.50 Å². The highest BCUT2D eigenvalue weighted by Crippen LogP contribution is 2.33. The average Bonchev–Trinajstić information content (AvgIpc) is 3.52. The minimum absolute atomic E-state index is 0.316. The zero-order valence-electron chi connectivity index (χ0n) is 19.3. The number of hydrogen-bond acceptors (Lipinski definition) is 6. The molecule has 6 aromatic rings. The van der Waals surface area contributed by atoms with Crippen LogP contribution in [0.15, 0.2) is 73.3 Å². The van der Waals surface area contributed by atoms with E-state index in [2.05, 4.69) is 30.5 Å². The summed E-state index contributed by atoms with van der Waals surface area (Å²) in [6, 6.07) is 14.3. The van der Waals surface area contributed by atoms with E-state index in [0.29, 0.717) is 29.0 Å². The fraction of sp³-hybridized carbons (Fsp3) is 0.111. The number of anilines is 1. The fourth-order valence-electron chi connectivity index (χ4n) is 4.26. The molecule has 0 amide bonds. The molecule has 0 bridgehead atoms. The number of fused-ring (bicyclic) bond motifs is 2. The Morgan fingerprint density at radius 1 is 0.944 bits per heavy atom. The average molecular weight is 480 g/mol. The summed E-state index contributed by atoms with van der Waals surface area (Å²) in [7, 11) is 0. The first kappa shape index (κ1) is 21.9. The van der Waals surface area contributed by atoms with Crippen molar-refractivity contribution in [3.63, 3.8) is 0 Å². The second-order valence-electron chi connectivity index (χ2n) is 8.54. The Hall–Kier alpha value is -4.63. The SMILES string of the molecule is CCC(O)Nc1cncc(-c2ccc3[nH]nc(-c4nc5c(-c6cccc(F)c6)cncc5[nH]4)c3c2)c1. The third kappa shape index (κ3) is 3.95. The van der Waals surface area contributed by atoms with Crippen LogP contribution in [0.3, 0.4) is 0 Å². The lowest BCUT2D eigenvalue weighted by Gasteiger charge is -2.12. The molecule has 36 heavy (non-hydrogen) atoms. The van der Waals surface area contributed by atoms with Crippen molar-refractivity contribution in [3.05, 3.63) is 79.1 Å². The summed E-state index contributed by atoms with van der Waals surface area (Å²) < 4.78 is 13.9. The topological polar surface area (TPSA) is 115 Å². The first-order valence-corrected chi connectivity index (χ1v) is 11.6. The summed E-state index contributed by atoms with van der Waals surface area (Å²) in [5.74, 6) is 0.266. The molecule has 0 aliphatic heterocycles. The molecule has 0 saturated heterocycles. The van der Waals surface area contributed by atoms with Gasteiger partial charge in [-0.15, -0.1) is 0 Å². The van der Waals surface area contributed by atoms with Crippen LogP contribution < -0.4 is 5.32 Å². The number of nitrogens with one attached hydrogen (secondary N) is 3. The van der Waals surface area contributed by atoms with Gasteiger partial charge in [-0.05, 0) is 47.9 Å². The Labute approximate surface area is 205 Å². The van der Waals surface area contributed by atoms with Gasteiger partial charge in [-0.3, -0.25) is 15.1 Å². The van der Waals surface area contributed by atoms with Crippen LogP contribution in [0, 0.1) is 5.82 Å². The normalized spacial score (nSPS) is 12.3. The van der Waals surface area contributed by atoms with E-state index in [0.717, 1.165) is 38.8 Å². The maximum Gasteiger partial charge on any atom is 0.159 e. The minimum Gasteiger partial charge on any atom is -0.374 e. The van der Waals surface area contributed by atoms with Gasteiger partial charge in [0.15, 0.2) is 5.82 Å². The Balaban J connectivity index is 1.43. The molecule has 1 atom stereocenters. The Kier molecular flexibility index (Phi) is 5.38. The zero-order chi connectivity index (χ0) is 24.6. The highest BCUT2D eigenvalue weighted by atomic mass is 19.1. The van der Waals surface area contributed by atoms with Crippen LogP contribution in [0.2, 0.25) is 0 Å². The Bertz CT molecular complexity index is 1710. The number of aliphatic hydroxyl groups is 1. The lowest BCUT2D eigenvalue weighted by atomic mass is 10.0. The van der Waals surface area contributed by atoms with Gasteiger partial charge in [-0.2, -0.15) is 5.10 Å². The van der Waals surface area contributed by atoms with Gasteiger partial charge in [-0.1, -0.05) is 25.1 Å². The number of nitrogens with zero attached hydrogens (tertiary/aromatic N) is 4. The van der Waals surface area contributed by atoms with Gasteiger partial charge in [0.1, 0.15) is 17.7 Å². The van der Waals surface area contributed by atoms with Crippen LogP contribution in [0.5, 0.6) is 0 Å². The van der Waals surface area contributed by atoms with Gasteiger partial charge in [0.2, 0.25) is 0 Å². The molecule has 0 aliphatic rings. The first-order valence-electron chi connectivity index (χ1n) is 11.6. The van der Waals surface area contributed by atoms with Crippen molar-refractivity contribution in [3.8, 4) is 33.8 Å². The molecule has 0 saturated carbocycles. The minimum atomic E-state index is -0.634. The van der Waals surface area contributed by atoms with E-state index in [1.807, 2.05) is 37.3 Å². The van der Waals surface area contributed by atoms with Crippen molar-refractivity contribution >= 4 is 27.6 Å². The predicted molar refractivity (Wildman–Crippen MR) is 138 cm³/mol. The second-order valence-corrected chi connectivity index (χ2v) is 8.54. The summed E-state index contributed by atoms with van der Waals surface area (Å²) in [5, 5.41) is 21.4. The van der Waals surface area contributed by atoms with E-state index in [4.69, 9.17) is 4.98 Å². The summed E-state index contributed by atoms with van der Waals surface area (Å²) >= 11 is 0. The number of rotatable bonds is 6. The Morgan fingerprint density at radius 2 is 1.83 bits per heavy atom. The smallest absolute Gasteiger partial charge is 0.159 e. The monoisotopic (exact) mass is 479 g/mol. The molecule has 178 valence electrons. The maximum absolute atomic E-state index is 13.9. The molecule has 8 nitrogen and oxygen atoms in total. The summed E-state index contributed by atoms with van der Waals surface area (Å²) in [6.45, 7) is 1.90. The van der Waals surface area contributed by atoms with E-state index in [1.165, 1.54) is 12.1 Å². The van der Waals surface area contributed by atoms with Crippen LogP contribution in [0.25, 0.3) is 55.7 Å². The number of benzene rings is 2. The highest BCUT2D eigenvalue weighted by Gasteiger charge is 2.16. The van der Waals surface area contributed by atoms with Crippen molar-refractivity contribution in [2.24, 2.45) is 0 Å². The van der Waals surface area contributed by atoms with Gasteiger partial charge in [-0.25, -0.2) is 9.37 Å². The summed E-state index contributed by atoms with van der Waals surface area (Å²) in [6.07, 6.45) is 6.80. The lowest BCUT2D eigenvalue weighted by Crippen LogP contribution is -2.16. The third-order valence-electron chi connectivity index (χ3n) is 6.11. The van der Waals surface area contributed by atoms with E-state index in [1.54, 1.807) is 30.9 Å². The molecule has 0 aliphatic carbocycles. The van der Waals surface area contributed by atoms with E-state index >= 15 is 0 Å². The molecule has 6 rings (SSSR count). The standard InChI is InChI=1S/C27H22FN7O/c1-2-24(36)31-19-9-17(11-29-12-19)15-6-7-22-20(10-15)26(35-34-22)27-32-23-14-30-13-21(25(23)33-27)16-4-3-5-18(28)8-16/h3-14,24,31,36H,2H2,1H3,(H,32,33)(H,34,35). The molecular formula is C27H22FN7O. The van der Waals surface area contributed by atoms with Gasteiger partial charge in [0.05, 0.1) is 34.6 Å². The summed E-state index contributed by atoms with van der Waals surface area (Å²) in [5.41, 5.74) is 6.98. The third-order valence-corrected chi connectivity index (χ3v) is 6.11. The molecule has 2 aromatic carbocycles. The van der Waals surface area contributed by atoms with Gasteiger partial charge in [0.25, 0.3) is 0 Å². The van der Waals surface area contributed by atoms with Crippen LogP contribution in [0.1, 0.15) is 13.3 Å². The van der Waals surface area contributed by atoms with E-state index in [9.17, 15) is 9.50 Å². The lowest BCUT2D eigenvalue weighted by molar-refractivity contribution is 0.199. The maximum atomic E-state index is 13.9. The molecule has 4 N–H and O–H groups in total. The first-order chi connectivity index (χ1) is 17.6. The molecule has 1 unspecified atom stereocenters. The number of halogens is 1. The van der Waals surface area contributed by atoms with Crippen molar-refractivity contribution in [2.75, 3.05) is 5.32 Å². The van der Waals surface area contributed by atoms with E-state index in [-0.39, 0.29) is 5.82 Å². The van der Waals surface area contributed by atoms with Crippen molar-refractivity contribution in [1.82, 2.24) is 30.1 Å². The number of aliphatic hydroxyl groups excluding tert-OH is 1. The number of H-pyrrole nitrogens is 2. The quantitative estimate of drug-likeness (QED) is 0.234.